The van der Waals surface area contributed by atoms with E-state index in [-0.39, 0.29) is 18.0 Å². The van der Waals surface area contributed by atoms with Crippen LogP contribution in [0.25, 0.3) is 0 Å². The molecule has 0 aliphatic carbocycles. The number of aromatic nitrogens is 3. The third kappa shape index (κ3) is 1.00. The van der Waals surface area contributed by atoms with Gasteiger partial charge >= 0.3 is 0 Å². The monoisotopic (exact) mass is 206 g/mol. The zero-order valence-corrected chi connectivity index (χ0v) is 8.97. The van der Waals surface area contributed by atoms with Crippen LogP contribution in [0.5, 0.6) is 0 Å². The van der Waals surface area contributed by atoms with Crippen LogP contribution >= 0.6 is 0 Å². The molecule has 1 amide bonds. The van der Waals surface area contributed by atoms with Crippen LogP contribution < -0.4 is 0 Å². The molecule has 1 aromatic rings. The van der Waals surface area contributed by atoms with E-state index < -0.39 is 0 Å². The molecule has 80 valence electrons. The van der Waals surface area contributed by atoms with Crippen LogP contribution in [0.3, 0.4) is 0 Å². The molecule has 15 heavy (non-hydrogen) atoms. The lowest BCUT2D eigenvalue weighted by atomic mass is 10.1. The second kappa shape index (κ2) is 2.81. The number of hydrogen-bond acceptors (Lipinski definition) is 3. The molecule has 0 radical (unpaired) electrons. The molecule has 3 heterocycles. The lowest BCUT2D eigenvalue weighted by Gasteiger charge is -2.33. The van der Waals surface area contributed by atoms with E-state index in [1.807, 2.05) is 23.3 Å². The van der Waals surface area contributed by atoms with E-state index in [2.05, 4.69) is 10.2 Å². The van der Waals surface area contributed by atoms with Gasteiger partial charge in [-0.1, -0.05) is 0 Å². The van der Waals surface area contributed by atoms with Crippen LogP contribution in [0.1, 0.15) is 43.5 Å². The number of amides is 1. The van der Waals surface area contributed by atoms with Gasteiger partial charge in [-0.05, 0) is 26.7 Å². The standard InChI is InChI=1S/C10H14N4O/c1-6-10(15)13-5-3-4-8(13)9-12-11-7(2)14(6)9/h6,8H,3-5H2,1-2H3/t6-,8+/m0/s1. The Morgan fingerprint density at radius 2 is 2.20 bits per heavy atom. The van der Waals surface area contributed by atoms with E-state index in [9.17, 15) is 4.79 Å². The van der Waals surface area contributed by atoms with E-state index in [1.165, 1.54) is 0 Å². The molecular formula is C10H14N4O. The Kier molecular flexibility index (Phi) is 1.66. The van der Waals surface area contributed by atoms with Gasteiger partial charge in [-0.2, -0.15) is 0 Å². The van der Waals surface area contributed by atoms with E-state index >= 15 is 0 Å². The first kappa shape index (κ1) is 8.88. The fourth-order valence-electron chi connectivity index (χ4n) is 2.74. The minimum atomic E-state index is -0.135. The molecule has 2 aliphatic heterocycles. The van der Waals surface area contributed by atoms with Crippen LogP contribution in [0.4, 0.5) is 0 Å². The molecule has 0 aromatic carbocycles. The average molecular weight is 206 g/mol. The molecule has 0 unspecified atom stereocenters. The predicted molar refractivity (Wildman–Crippen MR) is 53.2 cm³/mol. The molecule has 0 bridgehead atoms. The first-order valence-electron chi connectivity index (χ1n) is 5.42. The largest absolute Gasteiger partial charge is 0.331 e. The Morgan fingerprint density at radius 3 is 3.00 bits per heavy atom. The summed E-state index contributed by atoms with van der Waals surface area (Å²) in [6.45, 7) is 4.71. The number of rotatable bonds is 0. The maximum Gasteiger partial charge on any atom is 0.246 e. The molecule has 2 atom stereocenters. The molecule has 0 saturated carbocycles. The molecule has 1 saturated heterocycles. The normalized spacial score (nSPS) is 29.2. The summed E-state index contributed by atoms with van der Waals surface area (Å²) in [6, 6.07) is 0.0410. The van der Waals surface area contributed by atoms with Crippen molar-refractivity contribution in [3.05, 3.63) is 11.6 Å². The van der Waals surface area contributed by atoms with Crippen molar-refractivity contribution in [2.75, 3.05) is 6.54 Å². The molecule has 3 rings (SSSR count). The summed E-state index contributed by atoms with van der Waals surface area (Å²) in [4.78, 5) is 14.0. The number of fused-ring (bicyclic) bond motifs is 3. The maximum atomic E-state index is 12.1. The van der Waals surface area contributed by atoms with Crippen molar-refractivity contribution in [3.63, 3.8) is 0 Å². The van der Waals surface area contributed by atoms with Gasteiger partial charge in [-0.3, -0.25) is 4.79 Å². The highest BCUT2D eigenvalue weighted by Crippen LogP contribution is 2.38. The van der Waals surface area contributed by atoms with Crippen molar-refractivity contribution >= 4 is 5.91 Å². The molecule has 5 heteroatoms. The van der Waals surface area contributed by atoms with Gasteiger partial charge in [-0.25, -0.2) is 0 Å². The van der Waals surface area contributed by atoms with Crippen LogP contribution in [-0.2, 0) is 4.79 Å². The summed E-state index contributed by atoms with van der Waals surface area (Å²) in [6.07, 6.45) is 2.10. The summed E-state index contributed by atoms with van der Waals surface area (Å²) in [5, 5.41) is 8.28. The van der Waals surface area contributed by atoms with Crippen LogP contribution in [0.2, 0.25) is 0 Å². The molecule has 0 spiro atoms. The van der Waals surface area contributed by atoms with Crippen molar-refractivity contribution < 1.29 is 4.79 Å². The fraction of sp³-hybridized carbons (Fsp3) is 0.700. The van der Waals surface area contributed by atoms with Gasteiger partial charge in [0, 0.05) is 6.54 Å². The zero-order valence-electron chi connectivity index (χ0n) is 8.97. The molecule has 5 nitrogen and oxygen atoms in total. The Labute approximate surface area is 88.1 Å². The smallest absolute Gasteiger partial charge is 0.246 e. The van der Waals surface area contributed by atoms with Crippen molar-refractivity contribution in [3.8, 4) is 0 Å². The van der Waals surface area contributed by atoms with Crippen LogP contribution in [0, 0.1) is 6.92 Å². The zero-order chi connectivity index (χ0) is 10.6. The highest BCUT2D eigenvalue weighted by atomic mass is 16.2. The maximum absolute atomic E-state index is 12.1. The second-order valence-electron chi connectivity index (χ2n) is 4.34. The van der Waals surface area contributed by atoms with Crippen molar-refractivity contribution in [1.82, 2.24) is 19.7 Å². The minimum Gasteiger partial charge on any atom is -0.331 e. The first-order chi connectivity index (χ1) is 7.20. The highest BCUT2D eigenvalue weighted by molar-refractivity contribution is 5.82. The summed E-state index contributed by atoms with van der Waals surface area (Å²) in [5.41, 5.74) is 0. The summed E-state index contributed by atoms with van der Waals surface area (Å²) < 4.78 is 1.98. The van der Waals surface area contributed by atoms with Crippen molar-refractivity contribution in [2.24, 2.45) is 0 Å². The third-order valence-electron chi connectivity index (χ3n) is 3.47. The summed E-state index contributed by atoms with van der Waals surface area (Å²) in [5.74, 6) is 2.03. The van der Waals surface area contributed by atoms with Gasteiger partial charge in [0.15, 0.2) is 5.82 Å². The van der Waals surface area contributed by atoms with E-state index in [4.69, 9.17) is 0 Å². The number of nitrogens with zero attached hydrogens (tertiary/aromatic N) is 4. The number of hydrogen-bond donors (Lipinski definition) is 0. The average Bonchev–Trinajstić information content (AvgIpc) is 2.80. The van der Waals surface area contributed by atoms with E-state index in [1.54, 1.807) is 0 Å². The van der Waals surface area contributed by atoms with Gasteiger partial charge < -0.3 is 9.47 Å². The lowest BCUT2D eigenvalue weighted by molar-refractivity contribution is -0.137. The summed E-state index contributed by atoms with van der Waals surface area (Å²) >= 11 is 0. The topological polar surface area (TPSA) is 51.0 Å². The summed E-state index contributed by atoms with van der Waals surface area (Å²) in [7, 11) is 0. The van der Waals surface area contributed by atoms with Crippen LogP contribution in [0.15, 0.2) is 0 Å². The second-order valence-corrected chi connectivity index (χ2v) is 4.34. The highest BCUT2D eigenvalue weighted by Gasteiger charge is 2.41. The Hall–Kier alpha value is -1.39. The van der Waals surface area contributed by atoms with Gasteiger partial charge in [0.05, 0.1) is 6.04 Å². The van der Waals surface area contributed by atoms with Crippen molar-refractivity contribution in [1.29, 1.82) is 0 Å². The van der Waals surface area contributed by atoms with E-state index in [0.717, 1.165) is 31.0 Å². The van der Waals surface area contributed by atoms with E-state index in [0.29, 0.717) is 0 Å². The minimum absolute atomic E-state index is 0.135. The number of carbonyl (C=O) groups is 1. The predicted octanol–water partition coefficient (Wildman–Crippen LogP) is 0.825. The first-order valence-corrected chi connectivity index (χ1v) is 5.42. The van der Waals surface area contributed by atoms with Crippen molar-refractivity contribution in [2.45, 2.75) is 38.8 Å². The lowest BCUT2D eigenvalue weighted by Crippen LogP contribution is -2.42. The fourth-order valence-corrected chi connectivity index (χ4v) is 2.74. The Bertz CT molecular complexity index is 425. The van der Waals surface area contributed by atoms with Gasteiger partial charge in [-0.15, -0.1) is 10.2 Å². The third-order valence-corrected chi connectivity index (χ3v) is 3.47. The van der Waals surface area contributed by atoms with Gasteiger partial charge in [0.1, 0.15) is 11.9 Å². The Balaban J connectivity index is 2.17. The van der Waals surface area contributed by atoms with Gasteiger partial charge in [0.2, 0.25) is 5.91 Å². The van der Waals surface area contributed by atoms with Gasteiger partial charge in [0.25, 0.3) is 0 Å². The number of carbonyl (C=O) groups excluding carboxylic acids is 1. The SMILES string of the molecule is Cc1nnc2n1[C@@H](C)C(=O)N1CCC[C@H]21. The number of aryl methyl sites for hydroxylation is 1. The molecular weight excluding hydrogens is 192 g/mol. The molecule has 2 aliphatic rings. The Morgan fingerprint density at radius 1 is 1.40 bits per heavy atom. The molecule has 1 aromatic heterocycles. The molecule has 0 N–H and O–H groups in total. The quantitative estimate of drug-likeness (QED) is 0.631. The molecule has 1 fully saturated rings. The van der Waals surface area contributed by atoms with Crippen LogP contribution in [-0.4, -0.2) is 32.1 Å².